The molecule has 1 saturated heterocycles. The number of hydrogen-bond donors (Lipinski definition) is 1. The summed E-state index contributed by atoms with van der Waals surface area (Å²) in [6.45, 7) is 4.02. The first-order valence-corrected chi connectivity index (χ1v) is 11.4. The van der Waals surface area contributed by atoms with Crippen LogP contribution in [0.25, 0.3) is 0 Å². The molecule has 0 spiro atoms. The third-order valence-electron chi connectivity index (χ3n) is 5.23. The number of rotatable bonds is 6. The Morgan fingerprint density at radius 3 is 2.27 bits per heavy atom. The number of nitrogens with one attached hydrogen (secondary N) is 1. The molecule has 1 amide bonds. The lowest BCUT2D eigenvalue weighted by Gasteiger charge is -2.22. The summed E-state index contributed by atoms with van der Waals surface area (Å²) >= 11 is 0. The molecule has 7 nitrogen and oxygen atoms in total. The van der Waals surface area contributed by atoms with Gasteiger partial charge in [0, 0.05) is 50.8 Å². The van der Waals surface area contributed by atoms with E-state index in [1.165, 1.54) is 4.31 Å². The molecule has 1 fully saturated rings. The number of carbonyl (C=O) groups is 1. The van der Waals surface area contributed by atoms with Crippen molar-refractivity contribution < 1.29 is 13.2 Å². The molecule has 0 bridgehead atoms. The van der Waals surface area contributed by atoms with Gasteiger partial charge < -0.3 is 4.90 Å². The van der Waals surface area contributed by atoms with Gasteiger partial charge >= 0.3 is 0 Å². The molecule has 0 aliphatic carbocycles. The summed E-state index contributed by atoms with van der Waals surface area (Å²) in [5.74, 6) is -0.270. The summed E-state index contributed by atoms with van der Waals surface area (Å²) in [4.78, 5) is 14.8. The van der Waals surface area contributed by atoms with Crippen LogP contribution in [0, 0.1) is 6.92 Å². The number of benzene rings is 2. The molecular formula is C22H28N4O3S. The molecule has 30 heavy (non-hydrogen) atoms. The molecule has 1 heterocycles. The van der Waals surface area contributed by atoms with Gasteiger partial charge in [-0.25, -0.2) is 13.8 Å². The van der Waals surface area contributed by atoms with E-state index in [1.807, 2.05) is 6.92 Å². The number of carbonyl (C=O) groups excluding carboxylic acids is 1. The Hall–Kier alpha value is -2.55. The molecule has 8 heteroatoms. The van der Waals surface area contributed by atoms with E-state index in [2.05, 4.69) is 22.5 Å². The molecule has 1 aliphatic heterocycles. The van der Waals surface area contributed by atoms with E-state index in [0.717, 1.165) is 42.8 Å². The molecule has 0 saturated carbocycles. The number of likely N-dealkylation sites (tertiary alicyclic amines) is 1. The van der Waals surface area contributed by atoms with Crippen molar-refractivity contribution in [2.45, 2.75) is 31.2 Å². The monoisotopic (exact) mass is 428 g/mol. The summed E-state index contributed by atoms with van der Waals surface area (Å²) in [5, 5.41) is 4.24. The maximum Gasteiger partial charge on any atom is 0.271 e. The van der Waals surface area contributed by atoms with Crippen LogP contribution < -0.4 is 5.43 Å². The van der Waals surface area contributed by atoms with E-state index in [0.29, 0.717) is 5.56 Å². The van der Waals surface area contributed by atoms with Crippen LogP contribution in [-0.2, 0) is 16.6 Å². The van der Waals surface area contributed by atoms with Crippen molar-refractivity contribution in [1.82, 2.24) is 14.6 Å². The third-order valence-corrected chi connectivity index (χ3v) is 7.05. The highest BCUT2D eigenvalue weighted by Crippen LogP contribution is 2.17. The second kappa shape index (κ2) is 9.51. The van der Waals surface area contributed by atoms with Crippen molar-refractivity contribution in [3.63, 3.8) is 0 Å². The molecule has 1 N–H and O–H groups in total. The van der Waals surface area contributed by atoms with Crippen molar-refractivity contribution in [1.29, 1.82) is 0 Å². The van der Waals surface area contributed by atoms with Gasteiger partial charge in [0.25, 0.3) is 5.91 Å². The second-order valence-electron chi connectivity index (χ2n) is 7.69. The fraction of sp³-hybridized carbons (Fsp3) is 0.364. The fourth-order valence-electron chi connectivity index (χ4n) is 3.18. The Balaban J connectivity index is 1.60. The van der Waals surface area contributed by atoms with Crippen molar-refractivity contribution in [3.05, 3.63) is 65.2 Å². The summed E-state index contributed by atoms with van der Waals surface area (Å²) in [7, 11) is 0.0464. The van der Waals surface area contributed by atoms with Gasteiger partial charge in [-0.1, -0.05) is 29.8 Å². The lowest BCUT2D eigenvalue weighted by molar-refractivity contribution is 0.0954. The zero-order valence-electron chi connectivity index (χ0n) is 17.6. The normalized spacial score (nSPS) is 15.3. The second-order valence-corrected chi connectivity index (χ2v) is 9.74. The Kier molecular flexibility index (Phi) is 7.02. The Morgan fingerprint density at radius 2 is 1.67 bits per heavy atom. The van der Waals surface area contributed by atoms with Gasteiger partial charge in [0.15, 0.2) is 0 Å². The standard InChI is InChI=1S/C22H28N4O3S/c1-17-4-10-21(11-5-17)30(28,29)26(3)16-18-6-8-19(9-7-18)22(27)24-23-20-12-14-25(2)15-13-20/h4-11H,12-16H2,1-3H3,(H,24,27). The summed E-state index contributed by atoms with van der Waals surface area (Å²) in [6.07, 6.45) is 1.72. The molecule has 0 unspecified atom stereocenters. The molecule has 0 atom stereocenters. The van der Waals surface area contributed by atoms with Crippen molar-refractivity contribution in [3.8, 4) is 0 Å². The highest BCUT2D eigenvalue weighted by atomic mass is 32.2. The zero-order valence-corrected chi connectivity index (χ0v) is 18.4. The number of nitrogens with zero attached hydrogens (tertiary/aromatic N) is 3. The highest BCUT2D eigenvalue weighted by molar-refractivity contribution is 7.89. The molecule has 3 rings (SSSR count). The van der Waals surface area contributed by atoms with Gasteiger partial charge in [-0.3, -0.25) is 4.79 Å². The zero-order chi connectivity index (χ0) is 21.7. The highest BCUT2D eigenvalue weighted by Gasteiger charge is 2.20. The Labute approximate surface area is 178 Å². The van der Waals surface area contributed by atoms with Crippen LogP contribution in [0.2, 0.25) is 0 Å². The number of hydrogen-bond acceptors (Lipinski definition) is 5. The van der Waals surface area contributed by atoms with Crippen molar-refractivity contribution in [2.75, 3.05) is 27.2 Å². The van der Waals surface area contributed by atoms with Gasteiger partial charge in [0.1, 0.15) is 0 Å². The number of hydrazone groups is 1. The first kappa shape index (κ1) is 22.1. The lowest BCUT2D eigenvalue weighted by atomic mass is 10.1. The summed E-state index contributed by atoms with van der Waals surface area (Å²) in [6, 6.07) is 13.7. The Bertz CT molecular complexity index is 1010. The number of aryl methyl sites for hydroxylation is 1. The minimum Gasteiger partial charge on any atom is -0.306 e. The molecule has 1 aliphatic rings. The van der Waals surface area contributed by atoms with Crippen LogP contribution in [0.1, 0.15) is 34.3 Å². The van der Waals surface area contributed by atoms with Crippen molar-refractivity contribution in [2.24, 2.45) is 5.10 Å². The van der Waals surface area contributed by atoms with Crippen LogP contribution in [0.3, 0.4) is 0 Å². The van der Waals surface area contributed by atoms with E-state index in [4.69, 9.17) is 0 Å². The number of sulfonamides is 1. The average Bonchev–Trinajstić information content (AvgIpc) is 2.74. The van der Waals surface area contributed by atoms with E-state index >= 15 is 0 Å². The molecular weight excluding hydrogens is 400 g/mol. The molecule has 0 aromatic heterocycles. The predicted molar refractivity (Wildman–Crippen MR) is 118 cm³/mol. The first-order valence-electron chi connectivity index (χ1n) is 9.92. The van der Waals surface area contributed by atoms with Gasteiger partial charge in [0.05, 0.1) is 4.90 Å². The summed E-state index contributed by atoms with van der Waals surface area (Å²) in [5.41, 5.74) is 5.91. The van der Waals surface area contributed by atoms with Gasteiger partial charge in [-0.05, 0) is 43.8 Å². The van der Waals surface area contributed by atoms with E-state index in [-0.39, 0.29) is 17.3 Å². The summed E-state index contributed by atoms with van der Waals surface area (Å²) < 4.78 is 26.8. The SMILES string of the molecule is Cc1ccc(S(=O)(=O)N(C)Cc2ccc(C(=O)NN=C3CCN(C)CC3)cc2)cc1. The van der Waals surface area contributed by atoms with Crippen LogP contribution >= 0.6 is 0 Å². The maximum absolute atomic E-state index is 12.7. The smallest absolute Gasteiger partial charge is 0.271 e. The van der Waals surface area contributed by atoms with Crippen LogP contribution in [-0.4, -0.2) is 56.4 Å². The van der Waals surface area contributed by atoms with Gasteiger partial charge in [-0.15, -0.1) is 0 Å². The molecule has 2 aromatic carbocycles. The first-order chi connectivity index (χ1) is 14.3. The predicted octanol–water partition coefficient (Wildman–Crippen LogP) is 2.63. The van der Waals surface area contributed by atoms with Crippen LogP contribution in [0.5, 0.6) is 0 Å². The van der Waals surface area contributed by atoms with Gasteiger partial charge in [0.2, 0.25) is 10.0 Å². The maximum atomic E-state index is 12.7. The van der Waals surface area contributed by atoms with Crippen molar-refractivity contribution >= 4 is 21.6 Å². The van der Waals surface area contributed by atoms with E-state index in [9.17, 15) is 13.2 Å². The van der Waals surface area contributed by atoms with E-state index in [1.54, 1.807) is 55.6 Å². The third kappa shape index (κ3) is 5.53. The molecule has 2 aromatic rings. The minimum atomic E-state index is -3.57. The van der Waals surface area contributed by atoms with E-state index < -0.39 is 10.0 Å². The van der Waals surface area contributed by atoms with Gasteiger partial charge in [-0.2, -0.15) is 9.41 Å². The Morgan fingerprint density at radius 1 is 1.07 bits per heavy atom. The average molecular weight is 429 g/mol. The largest absolute Gasteiger partial charge is 0.306 e. The quantitative estimate of drug-likeness (QED) is 0.717. The number of piperidine rings is 1. The fourth-order valence-corrected chi connectivity index (χ4v) is 4.34. The minimum absolute atomic E-state index is 0.216. The topological polar surface area (TPSA) is 82.1 Å². The van der Waals surface area contributed by atoms with Crippen LogP contribution in [0.15, 0.2) is 58.5 Å². The lowest BCUT2D eigenvalue weighted by Crippen LogP contribution is -2.32. The molecule has 0 radical (unpaired) electrons. The van der Waals surface area contributed by atoms with Crippen LogP contribution in [0.4, 0.5) is 0 Å². The molecule has 160 valence electrons. The number of amides is 1.